The lowest BCUT2D eigenvalue weighted by atomic mass is 9.98. The van der Waals surface area contributed by atoms with E-state index < -0.39 is 65.5 Å². The van der Waals surface area contributed by atoms with Gasteiger partial charge in [-0.2, -0.15) is 0 Å². The lowest BCUT2D eigenvalue weighted by molar-refractivity contribution is -0.151. The maximum atomic E-state index is 13.7. The van der Waals surface area contributed by atoms with E-state index >= 15 is 0 Å². The normalized spacial score (nSPS) is 15.5. The first-order valence-electron chi connectivity index (χ1n) is 18.5. The van der Waals surface area contributed by atoms with Gasteiger partial charge in [-0.25, -0.2) is 9.59 Å². The number of aromatic nitrogens is 1. The Labute approximate surface area is 315 Å². The third-order valence-electron chi connectivity index (χ3n) is 8.92. The van der Waals surface area contributed by atoms with E-state index in [0.717, 1.165) is 54.1 Å². The second kappa shape index (κ2) is 19.6. The maximum absolute atomic E-state index is 13.7. The molecule has 4 rings (SSSR count). The number of carbonyl (C=O) groups is 6. The van der Waals surface area contributed by atoms with Crippen molar-refractivity contribution in [3.8, 4) is 0 Å². The third kappa shape index (κ3) is 13.2. The van der Waals surface area contributed by atoms with Gasteiger partial charge in [-0.1, -0.05) is 55.0 Å². The van der Waals surface area contributed by atoms with Crippen molar-refractivity contribution in [2.24, 2.45) is 0 Å². The lowest BCUT2D eigenvalue weighted by Crippen LogP contribution is -2.57. The first kappa shape index (κ1) is 41.4. The molecule has 1 saturated carbocycles. The number of hydrogen-bond acceptors (Lipinski definition) is 9. The van der Waals surface area contributed by atoms with Crippen LogP contribution in [0.15, 0.2) is 60.8 Å². The summed E-state index contributed by atoms with van der Waals surface area (Å²) < 4.78 is 16.3. The van der Waals surface area contributed by atoms with Gasteiger partial charge in [-0.05, 0) is 83.9 Å². The van der Waals surface area contributed by atoms with E-state index in [-0.39, 0.29) is 32.0 Å². The van der Waals surface area contributed by atoms with Crippen molar-refractivity contribution in [3.05, 3.63) is 71.9 Å². The highest BCUT2D eigenvalue weighted by atomic mass is 16.6. The van der Waals surface area contributed by atoms with Crippen LogP contribution in [0.2, 0.25) is 0 Å². The summed E-state index contributed by atoms with van der Waals surface area (Å²) in [5.74, 6) is -3.22. The van der Waals surface area contributed by atoms with Crippen molar-refractivity contribution in [2.45, 2.75) is 128 Å². The molecule has 14 nitrogen and oxygen atoms in total. The highest BCUT2D eigenvalue weighted by Gasteiger charge is 2.31. The monoisotopic (exact) mass is 747 g/mol. The third-order valence-corrected chi connectivity index (χ3v) is 8.92. The number of ether oxygens (including phenoxy) is 3. The molecule has 1 heterocycles. The summed E-state index contributed by atoms with van der Waals surface area (Å²) in [6.45, 7) is 7.96. The number of hydrogen-bond donors (Lipinski definition) is 5. The Morgan fingerprint density at radius 1 is 0.778 bits per heavy atom. The van der Waals surface area contributed by atoms with Gasteiger partial charge in [0.2, 0.25) is 17.7 Å². The summed E-state index contributed by atoms with van der Waals surface area (Å²) in [5.41, 5.74) is 1.51. The first-order valence-corrected chi connectivity index (χ1v) is 18.5. The van der Waals surface area contributed by atoms with Gasteiger partial charge in [-0.15, -0.1) is 0 Å². The minimum Gasteiger partial charge on any atom is -0.462 e. The molecule has 3 aromatic rings. The summed E-state index contributed by atoms with van der Waals surface area (Å²) in [4.78, 5) is 82.1. The van der Waals surface area contributed by atoms with E-state index in [1.807, 2.05) is 54.6 Å². The minimum absolute atomic E-state index is 0.0259. The number of rotatable bonds is 16. The Hall–Kier alpha value is -5.40. The number of fused-ring (bicyclic) bond motifs is 1. The molecule has 2 aromatic carbocycles. The molecule has 1 fully saturated rings. The van der Waals surface area contributed by atoms with Crippen LogP contribution in [0.1, 0.15) is 90.7 Å². The number of nitrogens with one attached hydrogen (secondary N) is 5. The van der Waals surface area contributed by atoms with Crippen LogP contribution in [0.3, 0.4) is 0 Å². The van der Waals surface area contributed by atoms with Gasteiger partial charge in [0.05, 0.1) is 0 Å². The second-order valence-electron chi connectivity index (χ2n) is 14.7. The first-order chi connectivity index (χ1) is 25.7. The van der Waals surface area contributed by atoms with Gasteiger partial charge >= 0.3 is 18.0 Å². The van der Waals surface area contributed by atoms with E-state index in [0.29, 0.717) is 0 Å². The van der Waals surface area contributed by atoms with Crippen LogP contribution in [-0.2, 0) is 51.2 Å². The van der Waals surface area contributed by atoms with Crippen LogP contribution < -0.4 is 21.3 Å². The summed E-state index contributed by atoms with van der Waals surface area (Å²) in [6, 6.07) is 12.0. The van der Waals surface area contributed by atoms with Gasteiger partial charge in [-0.3, -0.25) is 19.2 Å². The van der Waals surface area contributed by atoms with Crippen molar-refractivity contribution < 1.29 is 43.0 Å². The molecule has 5 N–H and O–H groups in total. The SMILES string of the molecule is C[C@@H](NC(=O)[C@H](CCC(=O)OC1CCCCC1)NC(=O)OC(C)(C)C)C(=O)N[C@@H](Cc1c[nH]c2ccccc12)C(=O)N[C@H](C)C(=O)OCc1ccccc1. The van der Waals surface area contributed by atoms with E-state index in [2.05, 4.69) is 26.3 Å². The summed E-state index contributed by atoms with van der Waals surface area (Å²) >= 11 is 0. The van der Waals surface area contributed by atoms with Crippen LogP contribution in [0.5, 0.6) is 0 Å². The molecule has 0 aliphatic heterocycles. The molecule has 1 aromatic heterocycles. The minimum atomic E-state index is -1.23. The molecular weight excluding hydrogens is 694 g/mol. The van der Waals surface area contributed by atoms with Gasteiger partial charge < -0.3 is 40.5 Å². The lowest BCUT2D eigenvalue weighted by Gasteiger charge is -2.26. The number of aromatic amines is 1. The average Bonchev–Trinajstić information content (AvgIpc) is 3.54. The molecule has 292 valence electrons. The Kier molecular flexibility index (Phi) is 15.0. The average molecular weight is 748 g/mol. The summed E-state index contributed by atoms with van der Waals surface area (Å²) in [6.07, 6.45) is 5.14. The van der Waals surface area contributed by atoms with Crippen molar-refractivity contribution >= 4 is 46.7 Å². The molecular formula is C40H53N5O9. The zero-order chi connectivity index (χ0) is 39.3. The molecule has 0 saturated heterocycles. The number of H-pyrrole nitrogens is 1. The van der Waals surface area contributed by atoms with Gasteiger partial charge in [0, 0.05) is 29.9 Å². The number of alkyl carbamates (subject to hydrolysis) is 1. The van der Waals surface area contributed by atoms with E-state index in [1.54, 1.807) is 27.0 Å². The van der Waals surface area contributed by atoms with E-state index in [4.69, 9.17) is 14.2 Å². The highest BCUT2D eigenvalue weighted by molar-refractivity contribution is 5.95. The predicted molar refractivity (Wildman–Crippen MR) is 201 cm³/mol. The van der Waals surface area contributed by atoms with Crippen molar-refractivity contribution in [1.82, 2.24) is 26.3 Å². The number of amides is 4. The van der Waals surface area contributed by atoms with Gasteiger partial charge in [0.1, 0.15) is 42.5 Å². The number of carbonyl (C=O) groups excluding carboxylic acids is 6. The van der Waals surface area contributed by atoms with Crippen LogP contribution in [0.25, 0.3) is 10.9 Å². The molecule has 0 unspecified atom stereocenters. The molecule has 1 aliphatic carbocycles. The maximum Gasteiger partial charge on any atom is 0.408 e. The molecule has 4 amide bonds. The molecule has 0 spiro atoms. The van der Waals surface area contributed by atoms with E-state index in [9.17, 15) is 28.8 Å². The molecule has 4 atom stereocenters. The van der Waals surface area contributed by atoms with Crippen molar-refractivity contribution in [3.63, 3.8) is 0 Å². The molecule has 14 heteroatoms. The number of esters is 2. The quantitative estimate of drug-likeness (QED) is 0.104. The fourth-order valence-electron chi connectivity index (χ4n) is 6.04. The summed E-state index contributed by atoms with van der Waals surface area (Å²) in [7, 11) is 0. The molecule has 0 radical (unpaired) electrons. The zero-order valence-electron chi connectivity index (χ0n) is 31.7. The Bertz CT molecular complexity index is 1750. The summed E-state index contributed by atoms with van der Waals surface area (Å²) in [5, 5.41) is 11.3. The predicted octanol–water partition coefficient (Wildman–Crippen LogP) is 4.50. The van der Waals surface area contributed by atoms with Crippen LogP contribution in [-0.4, -0.2) is 76.6 Å². The highest BCUT2D eigenvalue weighted by Crippen LogP contribution is 2.22. The zero-order valence-corrected chi connectivity index (χ0v) is 31.7. The van der Waals surface area contributed by atoms with E-state index in [1.165, 1.54) is 13.8 Å². The Morgan fingerprint density at radius 2 is 1.43 bits per heavy atom. The van der Waals surface area contributed by atoms with Crippen molar-refractivity contribution in [1.29, 1.82) is 0 Å². The Balaban J connectivity index is 1.42. The number of para-hydroxylation sites is 1. The smallest absolute Gasteiger partial charge is 0.408 e. The van der Waals surface area contributed by atoms with Gasteiger partial charge in [0.15, 0.2) is 0 Å². The fourth-order valence-corrected chi connectivity index (χ4v) is 6.04. The van der Waals surface area contributed by atoms with Crippen LogP contribution >= 0.6 is 0 Å². The van der Waals surface area contributed by atoms with Crippen molar-refractivity contribution in [2.75, 3.05) is 0 Å². The molecule has 1 aliphatic rings. The van der Waals surface area contributed by atoms with Crippen LogP contribution in [0, 0.1) is 0 Å². The van der Waals surface area contributed by atoms with Gasteiger partial charge in [0.25, 0.3) is 0 Å². The molecule has 0 bridgehead atoms. The standard InChI is InChI=1S/C40H53N5O9/c1-25(42-36(48)32(45-39(51)54-40(3,4)5)20-21-34(46)53-29-16-10-7-11-17-29)35(47)44-33(22-28-23-41-31-19-13-12-18-30(28)31)37(49)43-26(2)38(50)52-24-27-14-8-6-9-15-27/h6,8-9,12-15,18-19,23,25-26,29,32-33,41H,7,10-11,16-17,20-22,24H2,1-5H3,(H,42,48)(H,43,49)(H,44,47)(H,45,51)/t25-,26-,32+,33+/m1/s1. The second-order valence-corrected chi connectivity index (χ2v) is 14.7. The fraction of sp³-hybridized carbons (Fsp3) is 0.500. The largest absolute Gasteiger partial charge is 0.462 e. The van der Waals surface area contributed by atoms with Crippen LogP contribution in [0.4, 0.5) is 4.79 Å². The number of benzene rings is 2. The Morgan fingerprint density at radius 3 is 2.13 bits per heavy atom. The molecule has 54 heavy (non-hydrogen) atoms. The topological polar surface area (TPSA) is 194 Å².